The van der Waals surface area contributed by atoms with Crippen molar-refractivity contribution in [2.75, 3.05) is 20.1 Å². The lowest BCUT2D eigenvalue weighted by Crippen LogP contribution is -2.42. The highest BCUT2D eigenvalue weighted by Gasteiger charge is 2.22. The van der Waals surface area contributed by atoms with Crippen molar-refractivity contribution in [2.24, 2.45) is 4.99 Å². The van der Waals surface area contributed by atoms with E-state index in [0.717, 1.165) is 48.3 Å². The van der Waals surface area contributed by atoms with E-state index in [4.69, 9.17) is 4.74 Å². The van der Waals surface area contributed by atoms with Crippen LogP contribution < -0.4 is 15.4 Å². The number of nitrogens with one attached hydrogen (secondary N) is 2. The lowest BCUT2D eigenvalue weighted by atomic mass is 10.1. The van der Waals surface area contributed by atoms with Crippen molar-refractivity contribution < 1.29 is 4.74 Å². The van der Waals surface area contributed by atoms with Crippen molar-refractivity contribution in [3.63, 3.8) is 0 Å². The van der Waals surface area contributed by atoms with E-state index in [1.165, 1.54) is 10.4 Å². The summed E-state index contributed by atoms with van der Waals surface area (Å²) in [5.74, 6) is 1.82. The fourth-order valence-electron chi connectivity index (χ4n) is 2.90. The first-order valence-corrected chi connectivity index (χ1v) is 9.09. The summed E-state index contributed by atoms with van der Waals surface area (Å²) in [6.07, 6.45) is 2.07. The zero-order valence-electron chi connectivity index (χ0n) is 14.4. The van der Waals surface area contributed by atoms with Crippen molar-refractivity contribution in [3.05, 3.63) is 45.4 Å². The predicted octanol–water partition coefficient (Wildman–Crippen LogP) is 2.47. The van der Waals surface area contributed by atoms with Crippen LogP contribution in [0.1, 0.15) is 21.1 Å². The number of guanidine groups is 1. The van der Waals surface area contributed by atoms with Gasteiger partial charge in [0.15, 0.2) is 5.96 Å². The smallest absolute Gasteiger partial charge is 0.191 e. The Kier molecular flexibility index (Phi) is 5.35. The van der Waals surface area contributed by atoms with Crippen molar-refractivity contribution in [3.8, 4) is 5.75 Å². The third-order valence-electron chi connectivity index (χ3n) is 4.08. The molecule has 3 rings (SSSR count). The molecule has 1 aliphatic heterocycles. The van der Waals surface area contributed by atoms with E-state index in [2.05, 4.69) is 46.6 Å². The molecule has 0 radical (unpaired) electrons. The van der Waals surface area contributed by atoms with Gasteiger partial charge in [-0.15, -0.1) is 11.3 Å². The van der Waals surface area contributed by atoms with Crippen molar-refractivity contribution in [1.29, 1.82) is 0 Å². The maximum absolute atomic E-state index is 5.94. The van der Waals surface area contributed by atoms with Gasteiger partial charge in [0, 0.05) is 31.3 Å². The molecule has 1 atom stereocenters. The highest BCUT2D eigenvalue weighted by Crippen LogP contribution is 2.27. The first kappa shape index (κ1) is 16.8. The zero-order chi connectivity index (χ0) is 16.9. The number of aryl methyl sites for hydroxylation is 2. The molecule has 24 heavy (non-hydrogen) atoms. The van der Waals surface area contributed by atoms with Gasteiger partial charge >= 0.3 is 0 Å². The van der Waals surface area contributed by atoms with Gasteiger partial charge in [-0.1, -0.05) is 18.2 Å². The van der Waals surface area contributed by atoms with E-state index in [1.807, 2.05) is 12.1 Å². The SMILES string of the molecule is CN=C(NCCc1sc(C)nc1C)NCC1Cc2ccccc2O1. The Balaban J connectivity index is 1.42. The molecule has 0 saturated heterocycles. The molecule has 0 bridgehead atoms. The highest BCUT2D eigenvalue weighted by atomic mass is 32.1. The summed E-state index contributed by atoms with van der Waals surface area (Å²) in [7, 11) is 1.79. The standard InChI is InChI=1S/C18H24N4OS/c1-12-17(24-13(2)22-12)8-9-20-18(19-3)21-11-15-10-14-6-4-5-7-16(14)23-15/h4-7,15H,8-11H2,1-3H3,(H2,19,20,21). The van der Waals surface area contributed by atoms with Gasteiger partial charge in [0.1, 0.15) is 11.9 Å². The lowest BCUT2D eigenvalue weighted by Gasteiger charge is -2.15. The molecule has 1 aliphatic rings. The van der Waals surface area contributed by atoms with Crippen LogP contribution in [0.5, 0.6) is 5.75 Å². The summed E-state index contributed by atoms with van der Waals surface area (Å²) in [5, 5.41) is 7.84. The van der Waals surface area contributed by atoms with Crippen molar-refractivity contribution in [1.82, 2.24) is 15.6 Å². The minimum Gasteiger partial charge on any atom is -0.488 e. The van der Waals surface area contributed by atoms with Crippen LogP contribution in [0, 0.1) is 13.8 Å². The number of nitrogens with zero attached hydrogens (tertiary/aromatic N) is 2. The number of hydrogen-bond donors (Lipinski definition) is 2. The molecule has 1 aromatic heterocycles. The van der Waals surface area contributed by atoms with Crippen LogP contribution in [0.15, 0.2) is 29.3 Å². The van der Waals surface area contributed by atoms with E-state index >= 15 is 0 Å². The second-order valence-corrected chi connectivity index (χ2v) is 7.21. The van der Waals surface area contributed by atoms with Crippen LogP contribution in [0.4, 0.5) is 0 Å². The normalized spacial score (nSPS) is 16.6. The summed E-state index contributed by atoms with van der Waals surface area (Å²) in [6.45, 7) is 5.71. The first-order valence-electron chi connectivity index (χ1n) is 8.27. The number of aromatic nitrogens is 1. The van der Waals surface area contributed by atoms with Crippen LogP contribution in [-0.2, 0) is 12.8 Å². The van der Waals surface area contributed by atoms with Crippen LogP contribution >= 0.6 is 11.3 Å². The molecule has 128 valence electrons. The number of thiazole rings is 1. The first-order chi connectivity index (χ1) is 11.7. The van der Waals surface area contributed by atoms with Crippen LogP contribution in [0.2, 0.25) is 0 Å². The fourth-order valence-corrected chi connectivity index (χ4v) is 3.84. The molecule has 1 aromatic carbocycles. The van der Waals surface area contributed by atoms with Crippen molar-refractivity contribution >= 4 is 17.3 Å². The molecule has 5 nitrogen and oxygen atoms in total. The molecular weight excluding hydrogens is 320 g/mol. The average Bonchev–Trinajstić information content (AvgIpc) is 3.13. The van der Waals surface area contributed by atoms with Gasteiger partial charge < -0.3 is 15.4 Å². The summed E-state index contributed by atoms with van der Waals surface area (Å²) in [5.41, 5.74) is 2.42. The Labute approximate surface area is 147 Å². The monoisotopic (exact) mass is 344 g/mol. The summed E-state index contributed by atoms with van der Waals surface area (Å²) >= 11 is 1.77. The number of hydrogen-bond acceptors (Lipinski definition) is 4. The molecule has 0 saturated carbocycles. The van der Waals surface area contributed by atoms with Gasteiger partial charge in [-0.3, -0.25) is 4.99 Å². The summed E-state index contributed by atoms with van der Waals surface area (Å²) < 4.78 is 5.94. The van der Waals surface area contributed by atoms with E-state index in [9.17, 15) is 0 Å². The van der Waals surface area contributed by atoms with E-state index < -0.39 is 0 Å². The topological polar surface area (TPSA) is 58.5 Å². The summed E-state index contributed by atoms with van der Waals surface area (Å²) in [4.78, 5) is 10.1. The number of aliphatic imine (C=N–C) groups is 1. The molecule has 2 N–H and O–H groups in total. The fraction of sp³-hybridized carbons (Fsp3) is 0.444. The predicted molar refractivity (Wildman–Crippen MR) is 99.2 cm³/mol. The quantitative estimate of drug-likeness (QED) is 0.646. The summed E-state index contributed by atoms with van der Waals surface area (Å²) in [6, 6.07) is 8.23. The second kappa shape index (κ2) is 7.66. The highest BCUT2D eigenvalue weighted by molar-refractivity contribution is 7.11. The van der Waals surface area contributed by atoms with E-state index in [-0.39, 0.29) is 6.10 Å². The molecule has 0 amide bonds. The molecule has 0 fully saturated rings. The third kappa shape index (κ3) is 4.06. The van der Waals surface area contributed by atoms with Gasteiger partial charge in [-0.05, 0) is 25.5 Å². The number of fused-ring (bicyclic) bond motifs is 1. The maximum atomic E-state index is 5.94. The molecule has 6 heteroatoms. The molecule has 2 heterocycles. The third-order valence-corrected chi connectivity index (χ3v) is 5.21. The van der Waals surface area contributed by atoms with Crippen LogP contribution in [0.25, 0.3) is 0 Å². The van der Waals surface area contributed by atoms with Gasteiger partial charge in [-0.2, -0.15) is 0 Å². The number of ether oxygens (including phenoxy) is 1. The molecular formula is C18H24N4OS. The Morgan fingerprint density at radius 2 is 2.17 bits per heavy atom. The Bertz CT molecular complexity index is 701. The van der Waals surface area contributed by atoms with Crippen LogP contribution in [0.3, 0.4) is 0 Å². The van der Waals surface area contributed by atoms with Crippen LogP contribution in [-0.4, -0.2) is 37.2 Å². The minimum absolute atomic E-state index is 0.160. The van der Waals surface area contributed by atoms with Gasteiger partial charge in [-0.25, -0.2) is 4.98 Å². The second-order valence-electron chi connectivity index (χ2n) is 5.92. The Morgan fingerprint density at radius 3 is 2.88 bits per heavy atom. The van der Waals surface area contributed by atoms with Gasteiger partial charge in [0.25, 0.3) is 0 Å². The van der Waals surface area contributed by atoms with E-state index in [1.54, 1.807) is 18.4 Å². The molecule has 0 aliphatic carbocycles. The number of para-hydroxylation sites is 1. The number of benzene rings is 1. The molecule has 1 unspecified atom stereocenters. The van der Waals surface area contributed by atoms with Gasteiger partial charge in [0.2, 0.25) is 0 Å². The average molecular weight is 344 g/mol. The van der Waals surface area contributed by atoms with Gasteiger partial charge in [0.05, 0.1) is 17.2 Å². The lowest BCUT2D eigenvalue weighted by molar-refractivity contribution is 0.235. The molecule has 2 aromatic rings. The maximum Gasteiger partial charge on any atom is 0.191 e. The Hall–Kier alpha value is -2.08. The number of rotatable bonds is 5. The van der Waals surface area contributed by atoms with E-state index in [0.29, 0.717) is 0 Å². The largest absolute Gasteiger partial charge is 0.488 e. The molecule has 0 spiro atoms. The van der Waals surface area contributed by atoms with Crippen molar-refractivity contribution in [2.45, 2.75) is 32.8 Å². The Morgan fingerprint density at radius 1 is 1.33 bits per heavy atom. The zero-order valence-corrected chi connectivity index (χ0v) is 15.2. The minimum atomic E-state index is 0.160.